The molecular weight excluding hydrogens is 234 g/mol. The second-order valence-corrected chi connectivity index (χ2v) is 5.66. The fourth-order valence-corrected chi connectivity index (χ4v) is 2.14. The molecule has 96 valence electrons. The molecule has 0 saturated carbocycles. The van der Waals surface area contributed by atoms with E-state index < -0.39 is 0 Å². The number of hydrogen-bond acceptors (Lipinski definition) is 4. The van der Waals surface area contributed by atoms with Crippen LogP contribution in [0.15, 0.2) is 5.38 Å². The van der Waals surface area contributed by atoms with Gasteiger partial charge in [-0.1, -0.05) is 26.7 Å². The van der Waals surface area contributed by atoms with Gasteiger partial charge in [0, 0.05) is 11.4 Å². The number of nitrogens with one attached hydrogen (secondary N) is 1. The van der Waals surface area contributed by atoms with E-state index in [0.717, 1.165) is 18.8 Å². The van der Waals surface area contributed by atoms with Gasteiger partial charge in [-0.25, -0.2) is 4.98 Å². The van der Waals surface area contributed by atoms with Gasteiger partial charge in [-0.3, -0.25) is 4.79 Å². The zero-order chi connectivity index (χ0) is 12.8. The quantitative estimate of drug-likeness (QED) is 0.821. The predicted octanol–water partition coefficient (Wildman–Crippen LogP) is 2.67. The minimum Gasteiger partial charge on any atom is -0.375 e. The molecule has 3 N–H and O–H groups in total. The van der Waals surface area contributed by atoms with Crippen LogP contribution in [-0.4, -0.2) is 16.9 Å². The van der Waals surface area contributed by atoms with Crippen molar-refractivity contribution in [1.29, 1.82) is 0 Å². The van der Waals surface area contributed by atoms with Crippen molar-refractivity contribution in [3.63, 3.8) is 0 Å². The Kier molecular flexibility index (Phi) is 5.41. The molecule has 5 heteroatoms. The Morgan fingerprint density at radius 3 is 2.71 bits per heavy atom. The molecule has 1 heterocycles. The number of amides is 1. The standard InChI is InChI=1S/C12H21N3OS/c1-8(2)5-4-6-9(3)14-11(16)10-7-17-12(13)15-10/h7-9H,4-6H2,1-3H3,(H2,13,15)(H,14,16). The Morgan fingerprint density at radius 2 is 2.18 bits per heavy atom. The van der Waals surface area contributed by atoms with E-state index in [-0.39, 0.29) is 11.9 Å². The highest BCUT2D eigenvalue weighted by Crippen LogP contribution is 2.12. The van der Waals surface area contributed by atoms with E-state index in [2.05, 4.69) is 24.1 Å². The second kappa shape index (κ2) is 6.59. The van der Waals surface area contributed by atoms with E-state index in [0.29, 0.717) is 10.8 Å². The topological polar surface area (TPSA) is 68.0 Å². The lowest BCUT2D eigenvalue weighted by atomic mass is 10.0. The molecule has 1 atom stereocenters. The molecule has 0 radical (unpaired) electrons. The van der Waals surface area contributed by atoms with Gasteiger partial charge >= 0.3 is 0 Å². The van der Waals surface area contributed by atoms with Gasteiger partial charge in [0.25, 0.3) is 5.91 Å². The summed E-state index contributed by atoms with van der Waals surface area (Å²) in [4.78, 5) is 15.7. The van der Waals surface area contributed by atoms with E-state index >= 15 is 0 Å². The molecule has 0 bridgehead atoms. The van der Waals surface area contributed by atoms with Gasteiger partial charge < -0.3 is 11.1 Å². The third-order valence-corrected chi connectivity index (χ3v) is 3.22. The van der Waals surface area contributed by atoms with Crippen molar-refractivity contribution in [1.82, 2.24) is 10.3 Å². The molecule has 1 aromatic heterocycles. The molecule has 1 aromatic rings. The van der Waals surface area contributed by atoms with Crippen molar-refractivity contribution in [2.75, 3.05) is 5.73 Å². The molecule has 1 rings (SSSR count). The average molecular weight is 255 g/mol. The molecule has 17 heavy (non-hydrogen) atoms. The maximum Gasteiger partial charge on any atom is 0.271 e. The van der Waals surface area contributed by atoms with Gasteiger partial charge in [0.05, 0.1) is 0 Å². The minimum absolute atomic E-state index is 0.130. The maximum absolute atomic E-state index is 11.7. The van der Waals surface area contributed by atoms with E-state index in [4.69, 9.17) is 5.73 Å². The first-order valence-corrected chi connectivity index (χ1v) is 6.89. The number of thiazole rings is 1. The van der Waals surface area contributed by atoms with Crippen LogP contribution in [0.5, 0.6) is 0 Å². The normalized spacial score (nSPS) is 12.7. The summed E-state index contributed by atoms with van der Waals surface area (Å²) < 4.78 is 0. The first-order valence-electron chi connectivity index (χ1n) is 6.01. The largest absolute Gasteiger partial charge is 0.375 e. The first kappa shape index (κ1) is 14.0. The fourth-order valence-electron chi connectivity index (χ4n) is 1.59. The maximum atomic E-state index is 11.7. The molecule has 0 spiro atoms. The molecule has 0 fully saturated rings. The highest BCUT2D eigenvalue weighted by Gasteiger charge is 2.12. The first-order chi connectivity index (χ1) is 7.99. The smallest absolute Gasteiger partial charge is 0.271 e. The van der Waals surface area contributed by atoms with Crippen LogP contribution in [0.2, 0.25) is 0 Å². The van der Waals surface area contributed by atoms with Crippen molar-refractivity contribution in [2.24, 2.45) is 5.92 Å². The molecule has 1 amide bonds. The van der Waals surface area contributed by atoms with Crippen LogP contribution < -0.4 is 11.1 Å². The Morgan fingerprint density at radius 1 is 1.47 bits per heavy atom. The summed E-state index contributed by atoms with van der Waals surface area (Å²) >= 11 is 1.29. The number of nitrogen functional groups attached to an aromatic ring is 1. The number of carbonyl (C=O) groups is 1. The van der Waals surface area contributed by atoms with Crippen molar-refractivity contribution >= 4 is 22.4 Å². The number of nitrogens with zero attached hydrogens (tertiary/aromatic N) is 1. The van der Waals surface area contributed by atoms with E-state index in [1.165, 1.54) is 17.8 Å². The highest BCUT2D eigenvalue weighted by molar-refractivity contribution is 7.13. The number of hydrogen-bond donors (Lipinski definition) is 2. The Bertz CT molecular complexity index is 362. The lowest BCUT2D eigenvalue weighted by Crippen LogP contribution is -2.32. The fraction of sp³-hybridized carbons (Fsp3) is 0.667. The summed E-state index contributed by atoms with van der Waals surface area (Å²) in [5, 5.41) is 5.05. The number of aromatic nitrogens is 1. The van der Waals surface area contributed by atoms with Crippen molar-refractivity contribution in [3.05, 3.63) is 11.1 Å². The Labute approximate surface area is 107 Å². The van der Waals surface area contributed by atoms with Crippen LogP contribution in [0.3, 0.4) is 0 Å². The lowest BCUT2D eigenvalue weighted by Gasteiger charge is -2.13. The van der Waals surface area contributed by atoms with E-state index in [9.17, 15) is 4.79 Å². The molecule has 0 saturated heterocycles. The molecule has 0 aliphatic rings. The van der Waals surface area contributed by atoms with E-state index in [1.54, 1.807) is 5.38 Å². The molecule has 0 aliphatic carbocycles. The SMILES string of the molecule is CC(C)CCCC(C)NC(=O)c1csc(N)n1. The zero-order valence-electron chi connectivity index (χ0n) is 10.7. The van der Waals surface area contributed by atoms with Crippen molar-refractivity contribution in [2.45, 2.75) is 46.1 Å². The van der Waals surface area contributed by atoms with Gasteiger partial charge in [0.15, 0.2) is 5.13 Å². The van der Waals surface area contributed by atoms with Crippen molar-refractivity contribution < 1.29 is 4.79 Å². The van der Waals surface area contributed by atoms with Crippen LogP contribution in [-0.2, 0) is 0 Å². The second-order valence-electron chi connectivity index (χ2n) is 4.77. The van der Waals surface area contributed by atoms with Crippen LogP contribution >= 0.6 is 11.3 Å². The summed E-state index contributed by atoms with van der Waals surface area (Å²) in [6, 6.07) is 0.184. The predicted molar refractivity (Wildman–Crippen MR) is 72.1 cm³/mol. The average Bonchev–Trinajstić information content (AvgIpc) is 2.64. The molecule has 0 aromatic carbocycles. The van der Waals surface area contributed by atoms with E-state index in [1.807, 2.05) is 6.92 Å². The third kappa shape index (κ3) is 5.17. The van der Waals surface area contributed by atoms with Crippen LogP contribution in [0, 0.1) is 5.92 Å². The number of carbonyl (C=O) groups excluding carboxylic acids is 1. The minimum atomic E-state index is -0.130. The van der Waals surface area contributed by atoms with Gasteiger partial charge in [0.1, 0.15) is 5.69 Å². The molecular formula is C12H21N3OS. The third-order valence-electron chi connectivity index (χ3n) is 2.55. The zero-order valence-corrected chi connectivity index (χ0v) is 11.5. The van der Waals surface area contributed by atoms with Crippen LogP contribution in [0.25, 0.3) is 0 Å². The van der Waals surface area contributed by atoms with Gasteiger partial charge in [0.2, 0.25) is 0 Å². The molecule has 0 aliphatic heterocycles. The van der Waals surface area contributed by atoms with Crippen LogP contribution in [0.1, 0.15) is 50.5 Å². The Hall–Kier alpha value is -1.10. The number of rotatable bonds is 6. The monoisotopic (exact) mass is 255 g/mol. The summed E-state index contributed by atoms with van der Waals surface area (Å²) in [5.41, 5.74) is 5.91. The summed E-state index contributed by atoms with van der Waals surface area (Å²) in [5.74, 6) is 0.589. The van der Waals surface area contributed by atoms with Crippen LogP contribution in [0.4, 0.5) is 5.13 Å². The van der Waals surface area contributed by atoms with Gasteiger partial charge in [-0.2, -0.15) is 0 Å². The number of anilines is 1. The summed E-state index contributed by atoms with van der Waals surface area (Å²) in [6.07, 6.45) is 3.34. The molecule has 4 nitrogen and oxygen atoms in total. The number of nitrogens with two attached hydrogens (primary N) is 1. The van der Waals surface area contributed by atoms with Gasteiger partial charge in [-0.05, 0) is 19.3 Å². The summed E-state index contributed by atoms with van der Waals surface area (Å²) in [6.45, 7) is 6.44. The Balaban J connectivity index is 2.31. The lowest BCUT2D eigenvalue weighted by molar-refractivity contribution is 0.0933. The van der Waals surface area contributed by atoms with Crippen molar-refractivity contribution in [3.8, 4) is 0 Å². The molecule has 1 unspecified atom stereocenters. The van der Waals surface area contributed by atoms with Gasteiger partial charge in [-0.15, -0.1) is 11.3 Å². The summed E-state index contributed by atoms with van der Waals surface area (Å²) in [7, 11) is 0. The highest BCUT2D eigenvalue weighted by atomic mass is 32.1.